The summed E-state index contributed by atoms with van der Waals surface area (Å²) in [5.74, 6) is 0.260. The van der Waals surface area contributed by atoms with Gasteiger partial charge in [0.15, 0.2) is 0 Å². The number of aromatic nitrogens is 2. The van der Waals surface area contributed by atoms with Crippen LogP contribution >= 0.6 is 11.6 Å². The Balaban J connectivity index is 2.17. The average Bonchev–Trinajstić information content (AvgIpc) is 2.98. The van der Waals surface area contributed by atoms with E-state index in [2.05, 4.69) is 10.4 Å². The monoisotopic (exact) mass is 350 g/mol. The second-order valence-corrected chi connectivity index (χ2v) is 5.88. The molecule has 2 rings (SSSR count). The van der Waals surface area contributed by atoms with Crippen molar-refractivity contribution in [2.45, 2.75) is 25.8 Å². The Labute approximate surface area is 146 Å². The molecule has 1 amide bonds. The molecular weight excluding hydrogens is 328 g/mol. The lowest BCUT2D eigenvalue weighted by Crippen LogP contribution is -2.30. The maximum atomic E-state index is 12.7. The third kappa shape index (κ3) is 4.49. The van der Waals surface area contributed by atoms with Crippen LogP contribution in [0.5, 0.6) is 5.75 Å². The van der Waals surface area contributed by atoms with Crippen molar-refractivity contribution in [3.05, 3.63) is 46.7 Å². The minimum atomic E-state index is -0.206. The van der Waals surface area contributed by atoms with E-state index in [0.29, 0.717) is 35.9 Å². The van der Waals surface area contributed by atoms with Gasteiger partial charge in [0.25, 0.3) is 5.91 Å². The number of nitrogens with zero attached hydrogens (tertiary/aromatic N) is 2. The summed E-state index contributed by atoms with van der Waals surface area (Å²) in [5, 5.41) is 7.71. The van der Waals surface area contributed by atoms with Gasteiger partial charge in [-0.05, 0) is 43.7 Å². The Bertz CT molecular complexity index is 687. The lowest BCUT2D eigenvalue weighted by molar-refractivity contribution is 0.0930. The molecule has 0 radical (unpaired) electrons. The van der Waals surface area contributed by atoms with E-state index in [1.807, 2.05) is 20.0 Å². The summed E-state index contributed by atoms with van der Waals surface area (Å²) in [6, 6.07) is 6.77. The van der Waals surface area contributed by atoms with Gasteiger partial charge in [0.1, 0.15) is 5.75 Å². The molecule has 1 atom stereocenters. The first-order valence-corrected chi connectivity index (χ1v) is 8.35. The quantitative estimate of drug-likeness (QED) is 0.717. The van der Waals surface area contributed by atoms with Crippen molar-refractivity contribution in [2.75, 3.05) is 13.2 Å². The van der Waals surface area contributed by atoms with Crippen LogP contribution in [0.4, 0.5) is 0 Å². The lowest BCUT2D eigenvalue weighted by Gasteiger charge is -2.19. The fraction of sp³-hybridized carbons (Fsp3) is 0.412. The van der Waals surface area contributed by atoms with Gasteiger partial charge >= 0.3 is 0 Å². The highest BCUT2D eigenvalue weighted by molar-refractivity contribution is 6.30. The average molecular weight is 351 g/mol. The van der Waals surface area contributed by atoms with Gasteiger partial charge in [-0.1, -0.05) is 18.5 Å². The van der Waals surface area contributed by atoms with E-state index in [4.69, 9.17) is 22.1 Å². The first-order valence-electron chi connectivity index (χ1n) is 7.98. The van der Waals surface area contributed by atoms with Crippen LogP contribution in [0, 0.1) is 0 Å². The van der Waals surface area contributed by atoms with Gasteiger partial charge in [-0.3, -0.25) is 9.48 Å². The van der Waals surface area contributed by atoms with Crippen LogP contribution < -0.4 is 15.8 Å². The molecule has 0 aliphatic carbocycles. The zero-order valence-electron chi connectivity index (χ0n) is 14.0. The van der Waals surface area contributed by atoms with Gasteiger partial charge in [0.05, 0.1) is 23.9 Å². The standard InChI is InChI=1S/C17H23ClN4O2/c1-3-14(15-7-9-20-22(15)2)21-17(23)13-6-5-12(18)11-16(13)24-10-4-8-19/h5-7,9,11,14H,3-4,8,10,19H2,1-2H3,(H,21,23)/t14-/m0/s1. The lowest BCUT2D eigenvalue weighted by atomic mass is 10.1. The maximum Gasteiger partial charge on any atom is 0.255 e. The molecule has 0 aliphatic rings. The molecule has 24 heavy (non-hydrogen) atoms. The number of halogens is 1. The summed E-state index contributed by atoms with van der Waals surface area (Å²) >= 11 is 6.02. The smallest absolute Gasteiger partial charge is 0.255 e. The summed E-state index contributed by atoms with van der Waals surface area (Å²) in [7, 11) is 1.85. The summed E-state index contributed by atoms with van der Waals surface area (Å²) < 4.78 is 7.43. The van der Waals surface area contributed by atoms with Crippen molar-refractivity contribution in [2.24, 2.45) is 12.8 Å². The first kappa shape index (κ1) is 18.3. The number of hydrogen-bond donors (Lipinski definition) is 2. The molecule has 3 N–H and O–H groups in total. The molecule has 0 spiro atoms. The highest BCUT2D eigenvalue weighted by Crippen LogP contribution is 2.25. The molecular formula is C17H23ClN4O2. The fourth-order valence-corrected chi connectivity index (χ4v) is 2.58. The minimum Gasteiger partial charge on any atom is -0.493 e. The third-order valence-corrected chi connectivity index (χ3v) is 3.96. The number of carbonyl (C=O) groups excluding carboxylic acids is 1. The Kier molecular flexibility index (Phi) is 6.63. The van der Waals surface area contributed by atoms with E-state index in [1.165, 1.54) is 0 Å². The van der Waals surface area contributed by atoms with Crippen LogP contribution in [0.1, 0.15) is 41.9 Å². The fourth-order valence-electron chi connectivity index (χ4n) is 2.42. The third-order valence-electron chi connectivity index (χ3n) is 3.72. The Morgan fingerprint density at radius 3 is 2.88 bits per heavy atom. The van der Waals surface area contributed by atoms with Gasteiger partial charge in [-0.25, -0.2) is 0 Å². The van der Waals surface area contributed by atoms with Crippen LogP contribution in [-0.4, -0.2) is 28.8 Å². The highest BCUT2D eigenvalue weighted by atomic mass is 35.5. The molecule has 0 fully saturated rings. The predicted octanol–water partition coefficient (Wildman–Crippen LogP) is 2.68. The number of ether oxygens (including phenoxy) is 1. The van der Waals surface area contributed by atoms with E-state index in [9.17, 15) is 4.79 Å². The zero-order chi connectivity index (χ0) is 17.5. The number of nitrogens with two attached hydrogens (primary N) is 1. The van der Waals surface area contributed by atoms with Crippen molar-refractivity contribution >= 4 is 17.5 Å². The maximum absolute atomic E-state index is 12.7. The molecule has 0 bridgehead atoms. The number of carbonyl (C=O) groups is 1. The van der Waals surface area contributed by atoms with Crippen LogP contribution in [0.25, 0.3) is 0 Å². The van der Waals surface area contributed by atoms with Gasteiger partial charge in [0, 0.05) is 18.3 Å². The van der Waals surface area contributed by atoms with Crippen LogP contribution in [0.15, 0.2) is 30.5 Å². The van der Waals surface area contributed by atoms with Crippen LogP contribution in [-0.2, 0) is 7.05 Å². The second-order valence-electron chi connectivity index (χ2n) is 5.45. The molecule has 1 aromatic carbocycles. The molecule has 0 saturated carbocycles. The van der Waals surface area contributed by atoms with E-state index < -0.39 is 0 Å². The van der Waals surface area contributed by atoms with E-state index in [0.717, 1.165) is 12.1 Å². The van der Waals surface area contributed by atoms with Gasteiger partial charge in [-0.2, -0.15) is 5.10 Å². The SMILES string of the molecule is CC[C@H](NC(=O)c1ccc(Cl)cc1OCCCN)c1ccnn1C. The summed E-state index contributed by atoms with van der Waals surface area (Å²) in [6.07, 6.45) is 3.18. The minimum absolute atomic E-state index is 0.127. The van der Waals surface area contributed by atoms with Crippen LogP contribution in [0.3, 0.4) is 0 Å². The number of benzene rings is 1. The molecule has 2 aromatic rings. The van der Waals surface area contributed by atoms with Gasteiger partial charge < -0.3 is 15.8 Å². The summed E-state index contributed by atoms with van der Waals surface area (Å²) in [5.41, 5.74) is 6.88. The molecule has 1 heterocycles. The van der Waals surface area contributed by atoms with E-state index in [1.54, 1.807) is 29.1 Å². The molecule has 7 heteroatoms. The largest absolute Gasteiger partial charge is 0.493 e. The predicted molar refractivity (Wildman–Crippen MR) is 94.3 cm³/mol. The molecule has 1 aromatic heterocycles. The number of amides is 1. The second kappa shape index (κ2) is 8.70. The van der Waals surface area contributed by atoms with Crippen molar-refractivity contribution in [3.63, 3.8) is 0 Å². The van der Waals surface area contributed by atoms with Crippen LogP contribution in [0.2, 0.25) is 5.02 Å². The Morgan fingerprint density at radius 1 is 1.46 bits per heavy atom. The molecule has 130 valence electrons. The Morgan fingerprint density at radius 2 is 2.25 bits per heavy atom. The van der Waals surface area contributed by atoms with Crippen molar-refractivity contribution in [1.29, 1.82) is 0 Å². The van der Waals surface area contributed by atoms with E-state index >= 15 is 0 Å². The normalized spacial score (nSPS) is 12.0. The zero-order valence-corrected chi connectivity index (χ0v) is 14.7. The Hall–Kier alpha value is -2.05. The number of aryl methyl sites for hydroxylation is 1. The van der Waals surface area contributed by atoms with Crippen molar-refractivity contribution < 1.29 is 9.53 Å². The van der Waals surface area contributed by atoms with Gasteiger partial charge in [0.2, 0.25) is 0 Å². The summed E-state index contributed by atoms with van der Waals surface area (Å²) in [6.45, 7) is 2.98. The molecule has 0 unspecified atom stereocenters. The molecule has 0 saturated heterocycles. The van der Waals surface area contributed by atoms with Crippen molar-refractivity contribution in [3.8, 4) is 5.75 Å². The topological polar surface area (TPSA) is 82.2 Å². The van der Waals surface area contributed by atoms with Crippen molar-refractivity contribution in [1.82, 2.24) is 15.1 Å². The van der Waals surface area contributed by atoms with E-state index in [-0.39, 0.29) is 11.9 Å². The first-order chi connectivity index (χ1) is 11.6. The summed E-state index contributed by atoms with van der Waals surface area (Å²) in [4.78, 5) is 12.7. The molecule has 0 aliphatic heterocycles. The number of hydrogen-bond acceptors (Lipinski definition) is 4. The number of rotatable bonds is 8. The molecule has 6 nitrogen and oxygen atoms in total. The number of nitrogens with one attached hydrogen (secondary N) is 1. The van der Waals surface area contributed by atoms with Gasteiger partial charge in [-0.15, -0.1) is 0 Å². The highest BCUT2D eigenvalue weighted by Gasteiger charge is 2.19.